The monoisotopic (exact) mass is 271 g/mol. The molecule has 100 valence electrons. The Morgan fingerprint density at radius 2 is 2.00 bits per heavy atom. The van der Waals surface area contributed by atoms with E-state index in [0.717, 1.165) is 44.8 Å². The van der Waals surface area contributed by atoms with Gasteiger partial charge >= 0.3 is 5.00 Å². The summed E-state index contributed by atoms with van der Waals surface area (Å²) in [7, 11) is 0. The number of β-amino-alcohol motifs (C(OH)–C–C–N with tert-alkyl or cyclic N) is 1. The van der Waals surface area contributed by atoms with Gasteiger partial charge in [-0.05, 0) is 5.56 Å². The van der Waals surface area contributed by atoms with Crippen LogP contribution in [0.25, 0.3) is 0 Å². The van der Waals surface area contributed by atoms with Crippen molar-refractivity contribution in [1.82, 2.24) is 9.80 Å². The van der Waals surface area contributed by atoms with E-state index in [-0.39, 0.29) is 16.5 Å². The fraction of sp³-hybridized carbons (Fsp3) is 0.636. The SMILES string of the molecule is O=[N+]([O-])c1cc(CN2CCN(CCO)CC2)cs1. The van der Waals surface area contributed by atoms with Crippen molar-refractivity contribution in [3.8, 4) is 0 Å². The Kier molecular flexibility index (Phi) is 4.65. The molecule has 0 unspecified atom stereocenters. The molecule has 6 nitrogen and oxygen atoms in total. The first-order chi connectivity index (χ1) is 8.69. The van der Waals surface area contributed by atoms with Crippen molar-refractivity contribution in [1.29, 1.82) is 0 Å². The lowest BCUT2D eigenvalue weighted by Crippen LogP contribution is -2.46. The van der Waals surface area contributed by atoms with E-state index in [2.05, 4.69) is 9.80 Å². The molecule has 18 heavy (non-hydrogen) atoms. The molecule has 1 fully saturated rings. The molecule has 0 saturated carbocycles. The summed E-state index contributed by atoms with van der Waals surface area (Å²) in [5, 5.41) is 21.5. The summed E-state index contributed by atoms with van der Waals surface area (Å²) in [5.41, 5.74) is 1.02. The minimum Gasteiger partial charge on any atom is -0.395 e. The minimum atomic E-state index is -0.340. The second kappa shape index (κ2) is 6.24. The van der Waals surface area contributed by atoms with Crippen LogP contribution in [-0.2, 0) is 6.54 Å². The lowest BCUT2D eigenvalue weighted by atomic mass is 10.2. The van der Waals surface area contributed by atoms with Gasteiger partial charge in [-0.25, -0.2) is 0 Å². The van der Waals surface area contributed by atoms with Crippen LogP contribution in [0.1, 0.15) is 5.56 Å². The largest absolute Gasteiger partial charge is 0.395 e. The summed E-state index contributed by atoms with van der Waals surface area (Å²) in [6.45, 7) is 5.51. The number of nitro groups is 1. The fourth-order valence-corrected chi connectivity index (χ4v) is 2.83. The van der Waals surface area contributed by atoms with Crippen molar-refractivity contribution in [2.75, 3.05) is 39.3 Å². The molecule has 0 radical (unpaired) electrons. The lowest BCUT2D eigenvalue weighted by molar-refractivity contribution is -0.380. The molecule has 2 heterocycles. The number of rotatable bonds is 5. The summed E-state index contributed by atoms with van der Waals surface area (Å²) in [6, 6.07) is 1.66. The first-order valence-corrected chi connectivity index (χ1v) is 6.84. The Hall–Kier alpha value is -1.02. The molecule has 0 spiro atoms. The third kappa shape index (κ3) is 3.49. The van der Waals surface area contributed by atoms with Crippen molar-refractivity contribution < 1.29 is 10.0 Å². The Bertz CT molecular complexity index is 402. The standard InChI is InChI=1S/C11H17N3O3S/c15-6-5-12-1-3-13(4-2-12)8-10-7-11(14(16)17)18-9-10/h7,9,15H,1-6,8H2. The third-order valence-electron chi connectivity index (χ3n) is 3.11. The van der Waals surface area contributed by atoms with Crippen LogP contribution in [0.2, 0.25) is 0 Å². The zero-order valence-electron chi connectivity index (χ0n) is 10.1. The van der Waals surface area contributed by atoms with Gasteiger partial charge < -0.3 is 5.11 Å². The quantitative estimate of drug-likeness (QED) is 0.632. The van der Waals surface area contributed by atoms with Crippen LogP contribution in [-0.4, -0.2) is 59.2 Å². The molecule has 1 saturated heterocycles. The number of aliphatic hydroxyl groups is 1. The van der Waals surface area contributed by atoms with Crippen LogP contribution >= 0.6 is 11.3 Å². The van der Waals surface area contributed by atoms with Crippen LogP contribution in [0.5, 0.6) is 0 Å². The van der Waals surface area contributed by atoms with Gasteiger partial charge in [0.05, 0.1) is 11.5 Å². The average molecular weight is 271 g/mol. The van der Waals surface area contributed by atoms with Crippen molar-refractivity contribution in [3.05, 3.63) is 27.1 Å². The third-order valence-corrected chi connectivity index (χ3v) is 4.04. The highest BCUT2D eigenvalue weighted by molar-refractivity contribution is 7.13. The topological polar surface area (TPSA) is 69.9 Å². The minimum absolute atomic E-state index is 0.205. The lowest BCUT2D eigenvalue weighted by Gasteiger charge is -2.34. The van der Waals surface area contributed by atoms with Crippen LogP contribution in [0, 0.1) is 10.1 Å². The first kappa shape index (κ1) is 13.4. The molecule has 0 aromatic carbocycles. The normalized spacial score (nSPS) is 18.1. The number of piperazine rings is 1. The Balaban J connectivity index is 1.82. The van der Waals surface area contributed by atoms with E-state index >= 15 is 0 Å². The molecule has 1 aromatic rings. The van der Waals surface area contributed by atoms with Crippen LogP contribution in [0.4, 0.5) is 5.00 Å². The van der Waals surface area contributed by atoms with Crippen molar-refractivity contribution in [3.63, 3.8) is 0 Å². The number of aliphatic hydroxyl groups excluding tert-OH is 1. The summed E-state index contributed by atoms with van der Waals surface area (Å²) in [6.07, 6.45) is 0. The predicted molar refractivity (Wildman–Crippen MR) is 69.8 cm³/mol. The summed E-state index contributed by atoms with van der Waals surface area (Å²) in [5.74, 6) is 0. The highest BCUT2D eigenvalue weighted by Gasteiger charge is 2.18. The highest BCUT2D eigenvalue weighted by Crippen LogP contribution is 2.23. The van der Waals surface area contributed by atoms with Gasteiger partial charge in [-0.15, -0.1) is 0 Å². The predicted octanol–water partition coefficient (Wildman–Crippen LogP) is 0.766. The average Bonchev–Trinajstić information content (AvgIpc) is 2.81. The zero-order chi connectivity index (χ0) is 13.0. The maximum atomic E-state index is 10.6. The Morgan fingerprint density at radius 3 is 2.56 bits per heavy atom. The van der Waals surface area contributed by atoms with Gasteiger partial charge in [0.2, 0.25) is 0 Å². The maximum Gasteiger partial charge on any atom is 0.324 e. The van der Waals surface area contributed by atoms with E-state index in [9.17, 15) is 10.1 Å². The van der Waals surface area contributed by atoms with Crippen LogP contribution in [0.15, 0.2) is 11.4 Å². The molecular formula is C11H17N3O3S. The summed E-state index contributed by atoms with van der Waals surface area (Å²) < 4.78 is 0. The first-order valence-electron chi connectivity index (χ1n) is 5.96. The Morgan fingerprint density at radius 1 is 1.33 bits per heavy atom. The number of hydrogen-bond donors (Lipinski definition) is 1. The van der Waals surface area contributed by atoms with Gasteiger partial charge in [0, 0.05) is 50.7 Å². The molecule has 1 aliphatic heterocycles. The second-order valence-electron chi connectivity index (χ2n) is 4.39. The van der Waals surface area contributed by atoms with Gasteiger partial charge in [-0.2, -0.15) is 0 Å². The van der Waals surface area contributed by atoms with E-state index in [1.54, 1.807) is 6.07 Å². The van der Waals surface area contributed by atoms with Gasteiger partial charge in [-0.3, -0.25) is 19.9 Å². The summed E-state index contributed by atoms with van der Waals surface area (Å²) >= 11 is 1.19. The molecule has 1 aromatic heterocycles. The van der Waals surface area contributed by atoms with Crippen LogP contribution < -0.4 is 0 Å². The van der Waals surface area contributed by atoms with Crippen LogP contribution in [0.3, 0.4) is 0 Å². The molecular weight excluding hydrogens is 254 g/mol. The van der Waals surface area contributed by atoms with Gasteiger partial charge in [0.1, 0.15) is 0 Å². The second-order valence-corrected chi connectivity index (χ2v) is 5.28. The number of hydrogen-bond acceptors (Lipinski definition) is 6. The zero-order valence-corrected chi connectivity index (χ0v) is 10.9. The number of nitrogens with zero attached hydrogens (tertiary/aromatic N) is 3. The van der Waals surface area contributed by atoms with E-state index < -0.39 is 0 Å². The molecule has 2 rings (SSSR count). The molecule has 0 aliphatic carbocycles. The fourth-order valence-electron chi connectivity index (χ4n) is 2.11. The molecule has 0 bridgehead atoms. The van der Waals surface area contributed by atoms with Gasteiger partial charge in [-0.1, -0.05) is 11.3 Å². The van der Waals surface area contributed by atoms with Crippen molar-refractivity contribution in [2.24, 2.45) is 0 Å². The molecule has 1 aliphatic rings. The highest BCUT2D eigenvalue weighted by atomic mass is 32.1. The molecule has 7 heteroatoms. The van der Waals surface area contributed by atoms with E-state index in [1.807, 2.05) is 5.38 Å². The summed E-state index contributed by atoms with van der Waals surface area (Å²) in [4.78, 5) is 14.8. The molecule has 0 amide bonds. The number of thiophene rings is 1. The smallest absolute Gasteiger partial charge is 0.324 e. The van der Waals surface area contributed by atoms with Crippen molar-refractivity contribution >= 4 is 16.3 Å². The molecule has 0 atom stereocenters. The van der Waals surface area contributed by atoms with Gasteiger partial charge in [0.25, 0.3) is 0 Å². The Labute approximate surface area is 110 Å². The molecule has 1 N–H and O–H groups in total. The maximum absolute atomic E-state index is 10.6. The van der Waals surface area contributed by atoms with Gasteiger partial charge in [0.15, 0.2) is 0 Å². The van der Waals surface area contributed by atoms with E-state index in [1.165, 1.54) is 11.3 Å². The van der Waals surface area contributed by atoms with E-state index in [4.69, 9.17) is 5.11 Å². The van der Waals surface area contributed by atoms with E-state index in [0.29, 0.717) is 0 Å². The van der Waals surface area contributed by atoms with Crippen molar-refractivity contribution in [2.45, 2.75) is 6.54 Å².